The molecule has 3 N–H and O–H groups in total. The Hall–Kier alpha value is -1.57. The summed E-state index contributed by atoms with van der Waals surface area (Å²) in [5.41, 5.74) is 6.88. The summed E-state index contributed by atoms with van der Waals surface area (Å²) >= 11 is 1.02. The van der Waals surface area contributed by atoms with Gasteiger partial charge in [0.15, 0.2) is 0 Å². The molecular weight excluding hydrogens is 326 g/mol. The standard InChI is InChI=1S/C14H17N3O3S.ClH/c15-7-1-2-12(18)16-11-5-3-10(4-6-11)8-17-13(19)9-21-14(17)20;/h3-6H,1-2,7-9,15H2,(H,16,18);1H. The maximum Gasteiger partial charge on any atom is 0.289 e. The first kappa shape index (κ1) is 18.5. The minimum absolute atomic E-state index is 0. The molecule has 0 aromatic heterocycles. The highest BCUT2D eigenvalue weighted by atomic mass is 35.5. The van der Waals surface area contributed by atoms with E-state index in [1.807, 2.05) is 0 Å². The fraction of sp³-hybridized carbons (Fsp3) is 0.357. The van der Waals surface area contributed by atoms with Gasteiger partial charge in [-0.1, -0.05) is 23.9 Å². The van der Waals surface area contributed by atoms with E-state index in [9.17, 15) is 14.4 Å². The van der Waals surface area contributed by atoms with Crippen LogP contribution in [0, 0.1) is 0 Å². The Labute approximate surface area is 139 Å². The zero-order chi connectivity index (χ0) is 15.2. The number of hydrogen-bond acceptors (Lipinski definition) is 5. The van der Waals surface area contributed by atoms with Gasteiger partial charge in [0.25, 0.3) is 5.24 Å². The summed E-state index contributed by atoms with van der Waals surface area (Å²) in [5.74, 6) is -0.0210. The molecule has 3 amide bonds. The number of amides is 3. The Bertz CT molecular complexity index is 535. The van der Waals surface area contributed by atoms with Gasteiger partial charge in [-0.05, 0) is 30.7 Å². The van der Waals surface area contributed by atoms with Crippen molar-refractivity contribution in [2.75, 3.05) is 17.6 Å². The van der Waals surface area contributed by atoms with Gasteiger partial charge in [0.05, 0.1) is 12.3 Å². The number of benzene rings is 1. The van der Waals surface area contributed by atoms with Crippen molar-refractivity contribution in [2.24, 2.45) is 5.73 Å². The van der Waals surface area contributed by atoms with E-state index >= 15 is 0 Å². The van der Waals surface area contributed by atoms with Crippen LogP contribution in [0.2, 0.25) is 0 Å². The Morgan fingerprint density at radius 3 is 2.50 bits per heavy atom. The molecule has 0 bridgehead atoms. The third-order valence-electron chi connectivity index (χ3n) is 3.03. The number of hydrogen-bond donors (Lipinski definition) is 2. The van der Waals surface area contributed by atoms with Crippen LogP contribution in [0.4, 0.5) is 10.5 Å². The third kappa shape index (κ3) is 5.01. The van der Waals surface area contributed by atoms with Gasteiger partial charge in [-0.2, -0.15) is 0 Å². The van der Waals surface area contributed by atoms with E-state index in [4.69, 9.17) is 5.73 Å². The second-order valence-corrected chi connectivity index (χ2v) is 5.60. The Morgan fingerprint density at radius 2 is 1.95 bits per heavy atom. The third-order valence-corrected chi connectivity index (χ3v) is 3.89. The summed E-state index contributed by atoms with van der Waals surface area (Å²) in [6.07, 6.45) is 1.05. The molecule has 120 valence electrons. The lowest BCUT2D eigenvalue weighted by molar-refractivity contribution is -0.125. The molecule has 1 heterocycles. The molecular formula is C14H18ClN3O3S. The highest BCUT2D eigenvalue weighted by Crippen LogP contribution is 2.21. The first-order chi connectivity index (χ1) is 10.1. The lowest BCUT2D eigenvalue weighted by Crippen LogP contribution is -2.27. The van der Waals surface area contributed by atoms with E-state index < -0.39 is 0 Å². The predicted molar refractivity (Wildman–Crippen MR) is 89.0 cm³/mol. The van der Waals surface area contributed by atoms with E-state index in [-0.39, 0.29) is 41.8 Å². The molecule has 1 aromatic carbocycles. The van der Waals surface area contributed by atoms with Crippen LogP contribution in [0.15, 0.2) is 24.3 Å². The molecule has 1 fully saturated rings. The highest BCUT2D eigenvalue weighted by Gasteiger charge is 2.29. The van der Waals surface area contributed by atoms with Crippen LogP contribution in [-0.4, -0.2) is 34.3 Å². The van der Waals surface area contributed by atoms with Crippen molar-refractivity contribution < 1.29 is 14.4 Å². The molecule has 2 rings (SSSR count). The topological polar surface area (TPSA) is 92.5 Å². The largest absolute Gasteiger partial charge is 0.330 e. The molecule has 22 heavy (non-hydrogen) atoms. The number of anilines is 1. The van der Waals surface area contributed by atoms with Crippen molar-refractivity contribution in [3.63, 3.8) is 0 Å². The van der Waals surface area contributed by atoms with Gasteiger partial charge in [-0.25, -0.2) is 0 Å². The average Bonchev–Trinajstić information content (AvgIpc) is 2.79. The summed E-state index contributed by atoms with van der Waals surface area (Å²) in [6.45, 7) is 0.758. The van der Waals surface area contributed by atoms with Crippen molar-refractivity contribution in [3.05, 3.63) is 29.8 Å². The number of thioether (sulfide) groups is 1. The predicted octanol–water partition coefficient (Wildman–Crippen LogP) is 1.98. The second-order valence-electron chi connectivity index (χ2n) is 4.67. The van der Waals surface area contributed by atoms with E-state index in [0.29, 0.717) is 25.1 Å². The van der Waals surface area contributed by atoms with E-state index in [1.165, 1.54) is 4.90 Å². The van der Waals surface area contributed by atoms with Crippen LogP contribution >= 0.6 is 24.2 Å². The summed E-state index contributed by atoms with van der Waals surface area (Å²) in [7, 11) is 0. The SMILES string of the molecule is Cl.NCCCC(=O)Nc1ccc(CN2C(=O)CSC2=O)cc1. The number of carbonyl (C=O) groups is 3. The molecule has 0 aliphatic carbocycles. The van der Waals surface area contributed by atoms with Crippen molar-refractivity contribution >= 4 is 46.9 Å². The van der Waals surface area contributed by atoms with E-state index in [0.717, 1.165) is 17.3 Å². The molecule has 0 spiro atoms. The number of nitrogens with two attached hydrogens (primary N) is 1. The Kier molecular flexibility index (Phi) is 7.37. The fourth-order valence-electron chi connectivity index (χ4n) is 1.90. The number of rotatable bonds is 6. The Balaban J connectivity index is 0.00000242. The van der Waals surface area contributed by atoms with Crippen LogP contribution in [-0.2, 0) is 16.1 Å². The quantitative estimate of drug-likeness (QED) is 0.824. The molecule has 0 radical (unpaired) electrons. The van der Waals surface area contributed by atoms with Gasteiger partial charge < -0.3 is 11.1 Å². The van der Waals surface area contributed by atoms with Crippen LogP contribution in [0.3, 0.4) is 0 Å². The van der Waals surface area contributed by atoms with Gasteiger partial charge >= 0.3 is 0 Å². The van der Waals surface area contributed by atoms with Crippen LogP contribution in [0.5, 0.6) is 0 Å². The zero-order valence-corrected chi connectivity index (χ0v) is 13.5. The highest BCUT2D eigenvalue weighted by molar-refractivity contribution is 8.14. The maximum atomic E-state index is 11.6. The lowest BCUT2D eigenvalue weighted by Gasteiger charge is -2.13. The van der Waals surface area contributed by atoms with Crippen molar-refractivity contribution in [1.82, 2.24) is 4.90 Å². The zero-order valence-electron chi connectivity index (χ0n) is 11.9. The molecule has 0 atom stereocenters. The van der Waals surface area contributed by atoms with Gasteiger partial charge in [-0.15, -0.1) is 12.4 Å². The second kappa shape index (κ2) is 8.77. The molecule has 1 saturated heterocycles. The van der Waals surface area contributed by atoms with Crippen molar-refractivity contribution in [3.8, 4) is 0 Å². The average molecular weight is 344 g/mol. The fourth-order valence-corrected chi connectivity index (χ4v) is 2.62. The molecule has 6 nitrogen and oxygen atoms in total. The van der Waals surface area contributed by atoms with Crippen LogP contribution in [0.1, 0.15) is 18.4 Å². The van der Waals surface area contributed by atoms with Gasteiger partial charge in [-0.3, -0.25) is 19.3 Å². The monoisotopic (exact) mass is 343 g/mol. The summed E-state index contributed by atoms with van der Waals surface area (Å²) < 4.78 is 0. The Morgan fingerprint density at radius 1 is 1.27 bits per heavy atom. The maximum absolute atomic E-state index is 11.6. The first-order valence-electron chi connectivity index (χ1n) is 6.66. The lowest BCUT2D eigenvalue weighted by atomic mass is 10.2. The van der Waals surface area contributed by atoms with Crippen LogP contribution < -0.4 is 11.1 Å². The first-order valence-corrected chi connectivity index (χ1v) is 7.64. The number of nitrogens with one attached hydrogen (secondary N) is 1. The summed E-state index contributed by atoms with van der Waals surface area (Å²) in [4.78, 5) is 35.8. The smallest absolute Gasteiger partial charge is 0.289 e. The van der Waals surface area contributed by atoms with Gasteiger partial charge in [0.1, 0.15) is 0 Å². The molecule has 0 unspecified atom stereocenters. The normalized spacial score (nSPS) is 14.0. The van der Waals surface area contributed by atoms with Crippen molar-refractivity contribution in [1.29, 1.82) is 0 Å². The molecule has 0 saturated carbocycles. The number of halogens is 1. The summed E-state index contributed by atoms with van der Waals surface area (Å²) in [5, 5.41) is 2.56. The minimum atomic E-state index is -0.209. The molecule has 1 aliphatic heterocycles. The number of nitrogens with zero attached hydrogens (tertiary/aromatic N) is 1. The van der Waals surface area contributed by atoms with Gasteiger partial charge in [0.2, 0.25) is 11.8 Å². The molecule has 8 heteroatoms. The number of carbonyl (C=O) groups excluding carboxylic acids is 3. The molecule has 1 aromatic rings. The van der Waals surface area contributed by atoms with Gasteiger partial charge in [0, 0.05) is 12.1 Å². The summed E-state index contributed by atoms with van der Waals surface area (Å²) in [6, 6.07) is 7.10. The molecule has 1 aliphatic rings. The van der Waals surface area contributed by atoms with E-state index in [1.54, 1.807) is 24.3 Å². The minimum Gasteiger partial charge on any atom is -0.330 e. The van der Waals surface area contributed by atoms with Crippen molar-refractivity contribution in [2.45, 2.75) is 19.4 Å². The number of imide groups is 1. The van der Waals surface area contributed by atoms with Crippen LogP contribution in [0.25, 0.3) is 0 Å². The van der Waals surface area contributed by atoms with E-state index in [2.05, 4.69) is 5.32 Å².